The van der Waals surface area contributed by atoms with Gasteiger partial charge >= 0.3 is 0 Å². The van der Waals surface area contributed by atoms with Gasteiger partial charge in [0, 0.05) is 18.9 Å². The fourth-order valence-electron chi connectivity index (χ4n) is 5.53. The van der Waals surface area contributed by atoms with Crippen molar-refractivity contribution >= 4 is 18.7 Å². The molecule has 4 rings (SSSR count). The Hall–Kier alpha value is -1.54. The summed E-state index contributed by atoms with van der Waals surface area (Å²) in [6.45, 7) is 13.1. The maximum absolute atomic E-state index is 9.99. The molecule has 2 saturated heterocycles. The van der Waals surface area contributed by atoms with Gasteiger partial charge in [-0.3, -0.25) is 0 Å². The molecule has 2 aromatic carbocycles. The van der Waals surface area contributed by atoms with Gasteiger partial charge in [-0.25, -0.2) is 0 Å². The Labute approximate surface area is 199 Å². The average molecular weight is 471 g/mol. The van der Waals surface area contributed by atoms with E-state index in [1.54, 1.807) is 0 Å². The van der Waals surface area contributed by atoms with Crippen LogP contribution in [0.15, 0.2) is 60.7 Å². The normalized spacial score (nSPS) is 29.2. The van der Waals surface area contributed by atoms with Crippen LogP contribution in [-0.2, 0) is 18.6 Å². The molecule has 0 unspecified atom stereocenters. The summed E-state index contributed by atoms with van der Waals surface area (Å²) < 4.78 is 25.9. The first-order valence-electron chi connectivity index (χ1n) is 11.9. The van der Waals surface area contributed by atoms with Gasteiger partial charge in [0.25, 0.3) is 8.32 Å². The lowest BCUT2D eigenvalue weighted by molar-refractivity contribution is -0.239. The largest absolute Gasteiger partial charge is 0.404 e. The highest BCUT2D eigenvalue weighted by atomic mass is 28.4. The van der Waals surface area contributed by atoms with Gasteiger partial charge in [-0.15, -0.1) is 0 Å². The van der Waals surface area contributed by atoms with Crippen LogP contribution in [0.25, 0.3) is 0 Å². The maximum Gasteiger partial charge on any atom is 0.261 e. The smallest absolute Gasteiger partial charge is 0.261 e. The number of rotatable bonds is 7. The summed E-state index contributed by atoms with van der Waals surface area (Å²) in [4.78, 5) is 0. The van der Waals surface area contributed by atoms with Gasteiger partial charge in [0.2, 0.25) is 0 Å². The summed E-state index contributed by atoms with van der Waals surface area (Å²) in [6, 6.07) is 21.2. The molecule has 0 amide bonds. The molecule has 2 fully saturated rings. The molecule has 2 aliphatic heterocycles. The van der Waals surface area contributed by atoms with E-state index in [1.165, 1.54) is 10.4 Å². The summed E-state index contributed by atoms with van der Waals surface area (Å²) in [5.41, 5.74) is -0.687. The predicted octanol–water partition coefficient (Wildman–Crippen LogP) is 3.83. The minimum Gasteiger partial charge on any atom is -0.404 e. The second-order valence-corrected chi connectivity index (χ2v) is 15.2. The molecule has 0 spiro atoms. The Morgan fingerprint density at radius 3 is 1.91 bits per heavy atom. The van der Waals surface area contributed by atoms with Crippen molar-refractivity contribution in [2.45, 2.75) is 76.8 Å². The monoisotopic (exact) mass is 470 g/mol. The Balaban J connectivity index is 1.74. The van der Waals surface area contributed by atoms with Gasteiger partial charge in [-0.2, -0.15) is 0 Å². The first kappa shape index (κ1) is 24.6. The summed E-state index contributed by atoms with van der Waals surface area (Å²) >= 11 is 0. The lowest BCUT2D eigenvalue weighted by Crippen LogP contribution is -2.68. The third kappa shape index (κ3) is 4.33. The van der Waals surface area contributed by atoms with Gasteiger partial charge in [-0.1, -0.05) is 88.4 Å². The molecular weight excluding hydrogens is 432 g/mol. The molecule has 1 N–H and O–H groups in total. The predicted molar refractivity (Wildman–Crippen MR) is 132 cm³/mol. The fraction of sp³-hybridized carbons (Fsp3) is 0.556. The highest BCUT2D eigenvalue weighted by Crippen LogP contribution is 2.48. The van der Waals surface area contributed by atoms with E-state index >= 15 is 0 Å². The molecule has 33 heavy (non-hydrogen) atoms. The lowest BCUT2D eigenvalue weighted by atomic mass is 9.85. The van der Waals surface area contributed by atoms with E-state index in [-0.39, 0.29) is 23.7 Å². The van der Waals surface area contributed by atoms with E-state index < -0.39 is 26.0 Å². The number of aliphatic hydroxyl groups excluding tert-OH is 1. The average Bonchev–Trinajstić information content (AvgIpc) is 3.19. The second kappa shape index (κ2) is 8.91. The molecule has 2 aromatic rings. The van der Waals surface area contributed by atoms with Crippen LogP contribution in [0.5, 0.6) is 0 Å². The lowest BCUT2D eigenvalue weighted by Gasteiger charge is -2.46. The Bertz CT molecular complexity index is 887. The molecule has 2 heterocycles. The molecule has 4 atom stereocenters. The number of aliphatic hydroxyl groups is 1. The topological polar surface area (TPSA) is 57.2 Å². The number of benzene rings is 2. The van der Waals surface area contributed by atoms with E-state index in [0.29, 0.717) is 13.0 Å². The Morgan fingerprint density at radius 1 is 0.909 bits per heavy atom. The van der Waals surface area contributed by atoms with Crippen molar-refractivity contribution in [3.63, 3.8) is 0 Å². The van der Waals surface area contributed by atoms with Crippen molar-refractivity contribution in [2.24, 2.45) is 5.92 Å². The van der Waals surface area contributed by atoms with E-state index in [9.17, 15) is 5.11 Å². The van der Waals surface area contributed by atoms with Crippen molar-refractivity contribution in [3.8, 4) is 0 Å². The van der Waals surface area contributed by atoms with Crippen LogP contribution >= 0.6 is 0 Å². The molecule has 180 valence electrons. The summed E-state index contributed by atoms with van der Waals surface area (Å²) in [7, 11) is -2.73. The molecular formula is C27H38O5Si. The fourth-order valence-corrected chi connectivity index (χ4v) is 10.1. The Kier molecular flexibility index (Phi) is 6.64. The van der Waals surface area contributed by atoms with Crippen LogP contribution in [0.4, 0.5) is 0 Å². The summed E-state index contributed by atoms with van der Waals surface area (Å²) in [5.74, 6) is -0.664. The number of hydrogen-bond acceptors (Lipinski definition) is 5. The van der Waals surface area contributed by atoms with Gasteiger partial charge in [0.15, 0.2) is 12.1 Å². The molecule has 6 heteroatoms. The highest BCUT2D eigenvalue weighted by molar-refractivity contribution is 6.99. The summed E-state index contributed by atoms with van der Waals surface area (Å²) in [5, 5.41) is 12.3. The minimum atomic E-state index is -2.73. The van der Waals surface area contributed by atoms with Gasteiger partial charge in [0.1, 0.15) is 11.7 Å². The van der Waals surface area contributed by atoms with Gasteiger partial charge in [-0.05, 0) is 29.3 Å². The molecule has 0 aromatic heterocycles. The zero-order valence-electron chi connectivity index (χ0n) is 20.7. The van der Waals surface area contributed by atoms with Crippen LogP contribution in [-0.4, -0.2) is 50.4 Å². The van der Waals surface area contributed by atoms with Crippen molar-refractivity contribution < 1.29 is 23.7 Å². The van der Waals surface area contributed by atoms with E-state index in [4.69, 9.17) is 18.6 Å². The minimum absolute atomic E-state index is 0.00893. The molecule has 0 saturated carbocycles. The molecule has 5 nitrogen and oxygen atoms in total. The van der Waals surface area contributed by atoms with Crippen molar-refractivity contribution in [1.29, 1.82) is 0 Å². The van der Waals surface area contributed by atoms with E-state index in [1.807, 2.05) is 26.0 Å². The zero-order valence-corrected chi connectivity index (χ0v) is 21.7. The molecule has 0 aliphatic carbocycles. The zero-order chi connectivity index (χ0) is 23.9. The quantitative estimate of drug-likeness (QED) is 0.624. The first-order valence-corrected chi connectivity index (χ1v) is 13.8. The maximum atomic E-state index is 9.99. The second-order valence-electron chi connectivity index (χ2n) is 10.9. The first-order chi connectivity index (χ1) is 15.5. The standard InChI is InChI=1S/C27H38O5Si/c1-20-23-24(31-26(5,6)30-23)32-27(20,17-18-28)19-29-33(25(2,3)4,21-13-9-7-10-14-21)22-15-11-8-12-16-22/h7-16,20,23-24,28H,17-19H2,1-6H3/t20-,23+,24-,27-/m0/s1. The van der Waals surface area contributed by atoms with Crippen molar-refractivity contribution in [2.75, 3.05) is 13.2 Å². The summed E-state index contributed by atoms with van der Waals surface area (Å²) in [6.07, 6.45) is -0.175. The van der Waals surface area contributed by atoms with Crippen LogP contribution in [0.2, 0.25) is 5.04 Å². The van der Waals surface area contributed by atoms with E-state index in [2.05, 4.69) is 76.2 Å². The molecule has 0 radical (unpaired) electrons. The van der Waals surface area contributed by atoms with E-state index in [0.717, 1.165) is 0 Å². The van der Waals surface area contributed by atoms with Crippen LogP contribution in [0, 0.1) is 5.92 Å². The Morgan fingerprint density at radius 2 is 1.45 bits per heavy atom. The van der Waals surface area contributed by atoms with Crippen LogP contribution in [0.3, 0.4) is 0 Å². The SMILES string of the molecule is C[C@H]1[C@H]2OC(C)(C)O[C@H]2O[C@@]1(CCO)CO[Si](c1ccccc1)(c1ccccc1)C(C)(C)C. The van der Waals surface area contributed by atoms with Crippen LogP contribution < -0.4 is 10.4 Å². The van der Waals surface area contributed by atoms with Crippen molar-refractivity contribution in [1.82, 2.24) is 0 Å². The molecule has 2 aliphatic rings. The van der Waals surface area contributed by atoms with Crippen LogP contribution in [0.1, 0.15) is 48.0 Å². The number of ether oxygens (including phenoxy) is 3. The third-order valence-corrected chi connectivity index (χ3v) is 12.2. The highest BCUT2D eigenvalue weighted by Gasteiger charge is 2.61. The van der Waals surface area contributed by atoms with Gasteiger partial charge < -0.3 is 23.7 Å². The number of fused-ring (bicyclic) bond motifs is 1. The third-order valence-electron chi connectivity index (χ3n) is 7.25. The molecule has 0 bridgehead atoms. The number of hydrogen-bond donors (Lipinski definition) is 1. The van der Waals surface area contributed by atoms with Gasteiger partial charge in [0.05, 0.1) is 6.61 Å². The van der Waals surface area contributed by atoms with Crippen molar-refractivity contribution in [3.05, 3.63) is 60.7 Å².